The van der Waals surface area contributed by atoms with Gasteiger partial charge in [0.25, 0.3) is 0 Å². The van der Waals surface area contributed by atoms with Crippen molar-refractivity contribution in [3.05, 3.63) is 24.7 Å². The maximum absolute atomic E-state index is 4.29. The number of nitrogens with one attached hydrogen (secondary N) is 1. The molecule has 1 saturated carbocycles. The summed E-state index contributed by atoms with van der Waals surface area (Å²) in [6.45, 7) is 0. The smallest absolute Gasteiger partial charge is 0.152 e. The van der Waals surface area contributed by atoms with Gasteiger partial charge in [-0.2, -0.15) is 5.10 Å². The lowest BCUT2D eigenvalue weighted by Gasteiger charge is -2.03. The van der Waals surface area contributed by atoms with Crippen LogP contribution in [-0.2, 0) is 0 Å². The molecule has 1 aliphatic carbocycles. The van der Waals surface area contributed by atoms with E-state index in [4.69, 9.17) is 0 Å². The Morgan fingerprint density at radius 1 is 1.38 bits per heavy atom. The molecule has 0 unspecified atom stereocenters. The Hall–Kier alpha value is -1.58. The van der Waals surface area contributed by atoms with Crippen molar-refractivity contribution in [2.24, 2.45) is 0 Å². The largest absolute Gasteiger partial charge is 0.366 e. The first-order valence-corrected chi connectivity index (χ1v) is 4.48. The highest BCUT2D eigenvalue weighted by Crippen LogP contribution is 2.25. The molecule has 2 aromatic heterocycles. The summed E-state index contributed by atoms with van der Waals surface area (Å²) in [4.78, 5) is 4.29. The molecule has 0 saturated heterocycles. The van der Waals surface area contributed by atoms with Gasteiger partial charge in [-0.25, -0.2) is 9.50 Å². The van der Waals surface area contributed by atoms with Gasteiger partial charge in [-0.1, -0.05) is 0 Å². The van der Waals surface area contributed by atoms with Crippen LogP contribution in [0.4, 0.5) is 5.82 Å². The molecule has 66 valence electrons. The van der Waals surface area contributed by atoms with E-state index in [1.165, 1.54) is 12.8 Å². The Morgan fingerprint density at radius 2 is 2.31 bits per heavy atom. The van der Waals surface area contributed by atoms with Gasteiger partial charge < -0.3 is 5.32 Å². The van der Waals surface area contributed by atoms with Crippen LogP contribution in [-0.4, -0.2) is 20.6 Å². The van der Waals surface area contributed by atoms with Crippen LogP contribution in [0, 0.1) is 0 Å². The molecule has 0 aliphatic heterocycles. The number of nitrogens with zero attached hydrogens (tertiary/aromatic N) is 3. The lowest BCUT2D eigenvalue weighted by Crippen LogP contribution is -2.04. The van der Waals surface area contributed by atoms with E-state index < -0.39 is 0 Å². The summed E-state index contributed by atoms with van der Waals surface area (Å²) in [6.07, 6.45) is 7.93. The van der Waals surface area contributed by atoms with E-state index in [2.05, 4.69) is 15.4 Å². The molecule has 4 heteroatoms. The standard InChI is InChI=1S/C9H10N4/c1-2-7(1)12-9-8-3-4-11-13(8)6-5-10-9/h3-7H,1-2H2,(H,10,12). The predicted octanol–water partition coefficient (Wildman–Crippen LogP) is 1.30. The highest BCUT2D eigenvalue weighted by Gasteiger charge is 2.22. The van der Waals surface area contributed by atoms with Crippen LogP contribution in [0.5, 0.6) is 0 Å². The fourth-order valence-corrected chi connectivity index (χ4v) is 1.39. The maximum atomic E-state index is 4.29. The Bertz CT molecular complexity index is 430. The summed E-state index contributed by atoms with van der Waals surface area (Å²) in [5.74, 6) is 0.947. The third kappa shape index (κ3) is 1.14. The minimum absolute atomic E-state index is 0.633. The van der Waals surface area contributed by atoms with Crippen molar-refractivity contribution >= 4 is 11.3 Å². The topological polar surface area (TPSA) is 42.2 Å². The second-order valence-electron chi connectivity index (χ2n) is 3.36. The van der Waals surface area contributed by atoms with E-state index in [-0.39, 0.29) is 0 Å². The first kappa shape index (κ1) is 6.88. The maximum Gasteiger partial charge on any atom is 0.152 e. The number of aromatic nitrogens is 3. The van der Waals surface area contributed by atoms with Gasteiger partial charge in [-0.15, -0.1) is 0 Å². The molecule has 2 heterocycles. The number of hydrogen-bond acceptors (Lipinski definition) is 3. The second-order valence-corrected chi connectivity index (χ2v) is 3.36. The van der Waals surface area contributed by atoms with Gasteiger partial charge in [-0.05, 0) is 18.9 Å². The molecular weight excluding hydrogens is 164 g/mol. The van der Waals surface area contributed by atoms with Crippen molar-refractivity contribution in [1.29, 1.82) is 0 Å². The van der Waals surface area contributed by atoms with E-state index in [1.54, 1.807) is 12.4 Å². The molecule has 2 aromatic rings. The Balaban J connectivity index is 2.09. The SMILES string of the molecule is c1cn2nccc2c(NC2CC2)n1. The Morgan fingerprint density at radius 3 is 3.15 bits per heavy atom. The zero-order valence-electron chi connectivity index (χ0n) is 7.14. The minimum atomic E-state index is 0.633. The summed E-state index contributed by atoms with van der Waals surface area (Å²) in [5, 5.41) is 7.52. The van der Waals surface area contributed by atoms with Gasteiger partial charge in [0.05, 0.1) is 6.20 Å². The molecule has 0 aromatic carbocycles. The van der Waals surface area contributed by atoms with Gasteiger partial charge in [-0.3, -0.25) is 0 Å². The van der Waals surface area contributed by atoms with Crippen LogP contribution in [0.25, 0.3) is 5.52 Å². The molecule has 13 heavy (non-hydrogen) atoms. The quantitative estimate of drug-likeness (QED) is 0.746. The first-order chi connectivity index (χ1) is 6.43. The highest BCUT2D eigenvalue weighted by molar-refractivity contribution is 5.67. The number of rotatable bonds is 2. The molecular formula is C9H10N4. The van der Waals surface area contributed by atoms with Crippen LogP contribution in [0.2, 0.25) is 0 Å². The average molecular weight is 174 g/mol. The van der Waals surface area contributed by atoms with Gasteiger partial charge in [0.15, 0.2) is 5.82 Å². The van der Waals surface area contributed by atoms with E-state index in [1.807, 2.05) is 16.8 Å². The average Bonchev–Trinajstić information content (AvgIpc) is 2.83. The molecule has 1 fully saturated rings. The molecule has 0 bridgehead atoms. The van der Waals surface area contributed by atoms with Gasteiger partial charge in [0.1, 0.15) is 5.52 Å². The number of hydrogen-bond donors (Lipinski definition) is 1. The zero-order valence-corrected chi connectivity index (χ0v) is 7.14. The molecule has 1 N–H and O–H groups in total. The number of anilines is 1. The fraction of sp³-hybridized carbons (Fsp3) is 0.333. The third-order valence-electron chi connectivity index (χ3n) is 2.24. The molecule has 1 aliphatic rings. The van der Waals surface area contributed by atoms with Crippen molar-refractivity contribution in [1.82, 2.24) is 14.6 Å². The van der Waals surface area contributed by atoms with Crippen molar-refractivity contribution < 1.29 is 0 Å². The first-order valence-electron chi connectivity index (χ1n) is 4.48. The minimum Gasteiger partial charge on any atom is -0.366 e. The van der Waals surface area contributed by atoms with Crippen LogP contribution in [0.1, 0.15) is 12.8 Å². The van der Waals surface area contributed by atoms with Crippen LogP contribution >= 0.6 is 0 Å². The van der Waals surface area contributed by atoms with Gasteiger partial charge in [0, 0.05) is 18.4 Å². The summed E-state index contributed by atoms with van der Waals surface area (Å²) >= 11 is 0. The molecule has 0 spiro atoms. The Labute approximate surface area is 75.6 Å². The molecule has 3 rings (SSSR count). The van der Waals surface area contributed by atoms with Crippen LogP contribution in [0.3, 0.4) is 0 Å². The third-order valence-corrected chi connectivity index (χ3v) is 2.24. The summed E-state index contributed by atoms with van der Waals surface area (Å²) < 4.78 is 1.83. The van der Waals surface area contributed by atoms with Crippen molar-refractivity contribution in [2.75, 3.05) is 5.32 Å². The summed E-state index contributed by atoms with van der Waals surface area (Å²) in [6, 6.07) is 2.60. The molecule has 0 amide bonds. The van der Waals surface area contributed by atoms with E-state index in [0.717, 1.165) is 11.3 Å². The highest BCUT2D eigenvalue weighted by atomic mass is 15.2. The van der Waals surface area contributed by atoms with E-state index in [0.29, 0.717) is 6.04 Å². The van der Waals surface area contributed by atoms with Crippen LogP contribution < -0.4 is 5.32 Å². The molecule has 0 atom stereocenters. The van der Waals surface area contributed by atoms with E-state index in [9.17, 15) is 0 Å². The lowest BCUT2D eigenvalue weighted by molar-refractivity contribution is 0.942. The summed E-state index contributed by atoms with van der Waals surface area (Å²) in [5.41, 5.74) is 1.05. The fourth-order valence-electron chi connectivity index (χ4n) is 1.39. The monoisotopic (exact) mass is 174 g/mol. The summed E-state index contributed by atoms with van der Waals surface area (Å²) in [7, 11) is 0. The van der Waals surface area contributed by atoms with Crippen molar-refractivity contribution in [2.45, 2.75) is 18.9 Å². The zero-order chi connectivity index (χ0) is 8.67. The molecule has 0 radical (unpaired) electrons. The van der Waals surface area contributed by atoms with Crippen molar-refractivity contribution in [3.63, 3.8) is 0 Å². The van der Waals surface area contributed by atoms with Crippen molar-refractivity contribution in [3.8, 4) is 0 Å². The van der Waals surface area contributed by atoms with Gasteiger partial charge in [0.2, 0.25) is 0 Å². The normalized spacial score (nSPS) is 16.3. The van der Waals surface area contributed by atoms with Crippen LogP contribution in [0.15, 0.2) is 24.7 Å². The predicted molar refractivity (Wildman–Crippen MR) is 49.6 cm³/mol. The molecule has 4 nitrogen and oxygen atoms in total. The van der Waals surface area contributed by atoms with Gasteiger partial charge >= 0.3 is 0 Å². The number of fused-ring (bicyclic) bond motifs is 1. The lowest BCUT2D eigenvalue weighted by atomic mass is 10.4. The van der Waals surface area contributed by atoms with E-state index >= 15 is 0 Å². The Kier molecular flexibility index (Phi) is 1.30. The second kappa shape index (κ2) is 2.45.